The van der Waals surface area contributed by atoms with Crippen LogP contribution >= 0.6 is 23.2 Å². The molecule has 1 amide bonds. The molecule has 1 heterocycles. The number of halogens is 2. The number of amides is 1. The summed E-state index contributed by atoms with van der Waals surface area (Å²) in [5.41, 5.74) is -0.807. The van der Waals surface area contributed by atoms with E-state index in [1.807, 2.05) is 0 Å². The number of nitrogens with one attached hydrogen (secondary N) is 1. The van der Waals surface area contributed by atoms with Crippen LogP contribution in [0.5, 0.6) is 0 Å². The molecule has 2 N–H and O–H groups in total. The number of hydrogen-bond acceptors (Lipinski definition) is 4. The lowest BCUT2D eigenvalue weighted by atomic mass is 9.74. The van der Waals surface area contributed by atoms with E-state index >= 15 is 0 Å². The monoisotopic (exact) mass is 331 g/mol. The average molecular weight is 332 g/mol. The average Bonchev–Trinajstić information content (AvgIpc) is 2.48. The summed E-state index contributed by atoms with van der Waals surface area (Å²) in [4.78, 5) is 23.6. The van der Waals surface area contributed by atoms with Crippen LogP contribution in [-0.4, -0.2) is 33.7 Å². The van der Waals surface area contributed by atoms with Crippen LogP contribution in [0.2, 0.25) is 10.3 Å². The molecule has 0 aromatic carbocycles. The minimum absolute atomic E-state index is 0.0511. The number of hydrogen-bond donors (Lipinski definition) is 2. The van der Waals surface area contributed by atoms with Crippen molar-refractivity contribution in [2.45, 2.75) is 32.1 Å². The van der Waals surface area contributed by atoms with E-state index in [9.17, 15) is 14.7 Å². The van der Waals surface area contributed by atoms with Gasteiger partial charge >= 0.3 is 5.97 Å². The Balaban J connectivity index is 2.08. The molecular formula is C13H15Cl2N3O3. The number of carboxylic acid groups (broad SMARTS) is 1. The Morgan fingerprint density at radius 2 is 1.90 bits per heavy atom. The largest absolute Gasteiger partial charge is 0.481 e. The third kappa shape index (κ3) is 3.63. The van der Waals surface area contributed by atoms with Crippen LogP contribution in [0.4, 0.5) is 0 Å². The zero-order chi connectivity index (χ0) is 15.5. The molecule has 1 aliphatic rings. The minimum atomic E-state index is -0.898. The molecule has 1 fully saturated rings. The van der Waals surface area contributed by atoms with Crippen LogP contribution in [0, 0.1) is 5.41 Å². The SMILES string of the molecule is O=C(NCC1(C(=O)O)CCCCC1)c1cc(Cl)nnc1Cl. The number of carboxylic acids is 1. The van der Waals surface area contributed by atoms with E-state index in [0.29, 0.717) is 12.8 Å². The summed E-state index contributed by atoms with van der Waals surface area (Å²) in [7, 11) is 0. The molecule has 0 spiro atoms. The number of rotatable bonds is 4. The number of carbonyl (C=O) groups excluding carboxylic acids is 1. The van der Waals surface area contributed by atoms with Crippen LogP contribution in [0.15, 0.2) is 6.07 Å². The van der Waals surface area contributed by atoms with Crippen LogP contribution in [0.1, 0.15) is 42.5 Å². The van der Waals surface area contributed by atoms with Gasteiger partial charge in [-0.1, -0.05) is 42.5 Å². The van der Waals surface area contributed by atoms with Gasteiger partial charge in [0.2, 0.25) is 0 Å². The minimum Gasteiger partial charge on any atom is -0.481 e. The second kappa shape index (κ2) is 6.58. The molecule has 21 heavy (non-hydrogen) atoms. The van der Waals surface area contributed by atoms with Gasteiger partial charge in [-0.2, -0.15) is 0 Å². The highest BCUT2D eigenvalue weighted by Gasteiger charge is 2.39. The predicted molar refractivity (Wildman–Crippen MR) is 77.5 cm³/mol. The van der Waals surface area contributed by atoms with E-state index < -0.39 is 17.3 Å². The van der Waals surface area contributed by atoms with Crippen LogP contribution in [0.25, 0.3) is 0 Å². The van der Waals surface area contributed by atoms with E-state index in [2.05, 4.69) is 15.5 Å². The van der Waals surface area contributed by atoms with Gasteiger partial charge < -0.3 is 10.4 Å². The molecule has 0 bridgehead atoms. The van der Waals surface area contributed by atoms with Crippen molar-refractivity contribution < 1.29 is 14.7 Å². The van der Waals surface area contributed by atoms with Crippen molar-refractivity contribution in [1.29, 1.82) is 0 Å². The molecule has 1 aromatic rings. The lowest BCUT2D eigenvalue weighted by molar-refractivity contribution is -0.150. The number of nitrogens with zero attached hydrogens (tertiary/aromatic N) is 2. The fourth-order valence-electron chi connectivity index (χ4n) is 2.55. The van der Waals surface area contributed by atoms with E-state index in [-0.39, 0.29) is 22.4 Å². The Hall–Kier alpha value is -1.40. The summed E-state index contributed by atoms with van der Waals surface area (Å²) in [5, 5.41) is 19.1. The summed E-state index contributed by atoms with van der Waals surface area (Å²) in [6.07, 6.45) is 3.85. The van der Waals surface area contributed by atoms with E-state index in [1.165, 1.54) is 6.07 Å². The van der Waals surface area contributed by atoms with Crippen molar-refractivity contribution in [2.24, 2.45) is 5.41 Å². The molecule has 0 saturated heterocycles. The maximum Gasteiger partial charge on any atom is 0.311 e. The standard InChI is InChI=1S/C13H15Cl2N3O3/c14-9-6-8(10(15)18-17-9)11(19)16-7-13(12(20)21)4-2-1-3-5-13/h6H,1-5,7H2,(H,16,19)(H,20,21). The zero-order valence-electron chi connectivity index (χ0n) is 11.2. The van der Waals surface area contributed by atoms with Crippen molar-refractivity contribution in [3.63, 3.8) is 0 Å². The van der Waals surface area contributed by atoms with Gasteiger partial charge in [-0.25, -0.2) is 0 Å². The molecule has 0 aliphatic heterocycles. The molecule has 114 valence electrons. The first kappa shape index (κ1) is 16.0. The number of aromatic nitrogens is 2. The van der Waals surface area contributed by atoms with E-state index in [1.54, 1.807) is 0 Å². The van der Waals surface area contributed by atoms with Crippen LogP contribution in [0.3, 0.4) is 0 Å². The Morgan fingerprint density at radius 3 is 2.52 bits per heavy atom. The maximum absolute atomic E-state index is 12.1. The van der Waals surface area contributed by atoms with Crippen LogP contribution in [-0.2, 0) is 4.79 Å². The molecule has 0 atom stereocenters. The van der Waals surface area contributed by atoms with Gasteiger partial charge in [0.1, 0.15) is 0 Å². The predicted octanol–water partition coefficient (Wildman–Crippen LogP) is 2.55. The second-order valence-electron chi connectivity index (χ2n) is 5.20. The van der Waals surface area contributed by atoms with Gasteiger partial charge in [0, 0.05) is 6.54 Å². The van der Waals surface area contributed by atoms with Crippen molar-refractivity contribution in [1.82, 2.24) is 15.5 Å². The highest BCUT2D eigenvalue weighted by atomic mass is 35.5. The Bertz CT molecular complexity index is 560. The van der Waals surface area contributed by atoms with Gasteiger partial charge in [-0.05, 0) is 18.9 Å². The number of aliphatic carboxylic acids is 1. The molecule has 1 aliphatic carbocycles. The van der Waals surface area contributed by atoms with Gasteiger partial charge in [0.05, 0.1) is 11.0 Å². The van der Waals surface area contributed by atoms with Gasteiger partial charge in [0.15, 0.2) is 10.3 Å². The Morgan fingerprint density at radius 1 is 1.24 bits per heavy atom. The van der Waals surface area contributed by atoms with E-state index in [0.717, 1.165) is 19.3 Å². The number of carbonyl (C=O) groups is 2. The first-order chi connectivity index (χ1) is 9.94. The Kier molecular flexibility index (Phi) is 5.00. The van der Waals surface area contributed by atoms with Crippen LogP contribution < -0.4 is 5.32 Å². The smallest absolute Gasteiger partial charge is 0.311 e. The quantitative estimate of drug-likeness (QED) is 0.884. The van der Waals surface area contributed by atoms with Crippen molar-refractivity contribution >= 4 is 35.1 Å². The lowest BCUT2D eigenvalue weighted by Crippen LogP contribution is -2.44. The molecular weight excluding hydrogens is 317 g/mol. The molecule has 2 rings (SSSR count). The van der Waals surface area contributed by atoms with Gasteiger partial charge in [0.25, 0.3) is 5.91 Å². The summed E-state index contributed by atoms with van der Waals surface area (Å²) >= 11 is 11.5. The molecule has 1 saturated carbocycles. The highest BCUT2D eigenvalue weighted by Crippen LogP contribution is 2.36. The van der Waals surface area contributed by atoms with E-state index in [4.69, 9.17) is 23.2 Å². The fourth-order valence-corrected chi connectivity index (χ4v) is 2.88. The first-order valence-electron chi connectivity index (χ1n) is 6.65. The summed E-state index contributed by atoms with van der Waals surface area (Å²) in [6.45, 7) is 0.0669. The normalized spacial score (nSPS) is 17.2. The topological polar surface area (TPSA) is 92.2 Å². The molecule has 1 aromatic heterocycles. The van der Waals surface area contributed by atoms with Crippen molar-refractivity contribution in [2.75, 3.05) is 6.54 Å². The van der Waals surface area contributed by atoms with Gasteiger partial charge in [-0.15, -0.1) is 10.2 Å². The summed E-state index contributed by atoms with van der Waals surface area (Å²) in [5.74, 6) is -1.37. The summed E-state index contributed by atoms with van der Waals surface area (Å²) < 4.78 is 0. The maximum atomic E-state index is 12.1. The molecule has 6 nitrogen and oxygen atoms in total. The lowest BCUT2D eigenvalue weighted by Gasteiger charge is -2.33. The van der Waals surface area contributed by atoms with Crippen molar-refractivity contribution in [3.8, 4) is 0 Å². The third-order valence-corrected chi connectivity index (χ3v) is 4.28. The van der Waals surface area contributed by atoms with Gasteiger partial charge in [-0.3, -0.25) is 9.59 Å². The highest BCUT2D eigenvalue weighted by molar-refractivity contribution is 6.34. The first-order valence-corrected chi connectivity index (χ1v) is 7.40. The van der Waals surface area contributed by atoms with Crippen molar-refractivity contribution in [3.05, 3.63) is 21.9 Å². The fraction of sp³-hybridized carbons (Fsp3) is 0.538. The summed E-state index contributed by atoms with van der Waals surface area (Å²) in [6, 6.07) is 1.31. The molecule has 0 unspecified atom stereocenters. The Labute approximate surface area is 131 Å². The third-order valence-electron chi connectivity index (χ3n) is 3.82. The zero-order valence-corrected chi connectivity index (χ0v) is 12.7. The second-order valence-corrected chi connectivity index (χ2v) is 5.95. The molecule has 0 radical (unpaired) electrons. The molecule has 8 heteroatoms.